The van der Waals surface area contributed by atoms with E-state index in [1.165, 1.54) is 4.90 Å². The smallest absolute Gasteiger partial charge is 0.240 e. The second-order valence-electron chi connectivity index (χ2n) is 5.20. The molecule has 1 aromatic carbocycles. The van der Waals surface area contributed by atoms with Gasteiger partial charge in [0.15, 0.2) is 0 Å². The molecule has 0 spiro atoms. The molecule has 3 unspecified atom stereocenters. The molecule has 3 nitrogen and oxygen atoms in total. The molecule has 0 saturated carbocycles. The van der Waals surface area contributed by atoms with Gasteiger partial charge in [0.05, 0.1) is 12.1 Å². The third kappa shape index (κ3) is 3.54. The predicted molar refractivity (Wildman–Crippen MR) is 75.0 cm³/mol. The van der Waals surface area contributed by atoms with Crippen molar-refractivity contribution in [3.05, 3.63) is 35.4 Å². The van der Waals surface area contributed by atoms with Crippen molar-refractivity contribution in [2.24, 2.45) is 11.7 Å². The molecule has 1 rings (SSSR count). The van der Waals surface area contributed by atoms with Gasteiger partial charge in [-0.15, -0.1) is 0 Å². The van der Waals surface area contributed by atoms with E-state index < -0.39 is 23.7 Å². The molecule has 1 aromatic rings. The number of amides is 1. The van der Waals surface area contributed by atoms with Gasteiger partial charge in [-0.1, -0.05) is 20.3 Å². The molecule has 20 heavy (non-hydrogen) atoms. The van der Waals surface area contributed by atoms with Gasteiger partial charge < -0.3 is 10.6 Å². The number of carbonyl (C=O) groups is 1. The van der Waals surface area contributed by atoms with Crippen LogP contribution >= 0.6 is 0 Å². The minimum atomic E-state index is -0.635. The summed E-state index contributed by atoms with van der Waals surface area (Å²) in [5, 5.41) is 0. The van der Waals surface area contributed by atoms with Crippen LogP contribution < -0.4 is 5.73 Å². The van der Waals surface area contributed by atoms with E-state index in [1.807, 2.05) is 13.8 Å². The van der Waals surface area contributed by atoms with Crippen molar-refractivity contribution in [2.75, 3.05) is 7.05 Å². The summed E-state index contributed by atoms with van der Waals surface area (Å²) in [6, 6.07) is 2.02. The first-order valence-corrected chi connectivity index (χ1v) is 6.76. The first-order valence-electron chi connectivity index (χ1n) is 6.76. The van der Waals surface area contributed by atoms with Crippen LogP contribution in [0.2, 0.25) is 0 Å². The van der Waals surface area contributed by atoms with Crippen LogP contribution in [0.4, 0.5) is 8.78 Å². The van der Waals surface area contributed by atoms with Crippen LogP contribution in [0, 0.1) is 17.6 Å². The van der Waals surface area contributed by atoms with Crippen LogP contribution in [-0.4, -0.2) is 23.9 Å². The standard InChI is InChI=1S/C15H22F2N2O/c1-5-9(2)14(18)15(20)19(4)10(3)12-8-11(16)6-7-13(12)17/h6-10,14H,5,18H2,1-4H3. The second-order valence-corrected chi connectivity index (χ2v) is 5.20. The maximum absolute atomic E-state index is 13.7. The van der Waals surface area contributed by atoms with Gasteiger partial charge in [0.25, 0.3) is 0 Å². The fourth-order valence-corrected chi connectivity index (χ4v) is 1.97. The SMILES string of the molecule is CCC(C)C(N)C(=O)N(C)C(C)c1cc(F)ccc1F. The highest BCUT2D eigenvalue weighted by atomic mass is 19.1. The zero-order chi connectivity index (χ0) is 15.4. The first kappa shape index (κ1) is 16.6. The molecule has 0 aliphatic rings. The molecule has 0 saturated heterocycles. The third-order valence-electron chi connectivity index (χ3n) is 3.88. The van der Waals surface area contributed by atoms with Crippen LogP contribution in [0.3, 0.4) is 0 Å². The molecule has 112 valence electrons. The summed E-state index contributed by atoms with van der Waals surface area (Å²) in [7, 11) is 1.56. The van der Waals surface area contributed by atoms with Gasteiger partial charge in [0, 0.05) is 12.6 Å². The zero-order valence-corrected chi connectivity index (χ0v) is 12.4. The Kier molecular flexibility index (Phi) is 5.62. The summed E-state index contributed by atoms with van der Waals surface area (Å²) >= 11 is 0. The van der Waals surface area contributed by atoms with E-state index >= 15 is 0 Å². The molecule has 0 fully saturated rings. The maximum atomic E-state index is 13.7. The monoisotopic (exact) mass is 284 g/mol. The molecule has 1 amide bonds. The van der Waals surface area contributed by atoms with Crippen molar-refractivity contribution < 1.29 is 13.6 Å². The number of hydrogen-bond acceptors (Lipinski definition) is 2. The topological polar surface area (TPSA) is 46.3 Å². The maximum Gasteiger partial charge on any atom is 0.240 e. The third-order valence-corrected chi connectivity index (χ3v) is 3.88. The highest BCUT2D eigenvalue weighted by molar-refractivity contribution is 5.82. The number of likely N-dealkylation sites (N-methyl/N-ethyl adjacent to an activating group) is 1. The summed E-state index contributed by atoms with van der Waals surface area (Å²) in [6.45, 7) is 5.50. The van der Waals surface area contributed by atoms with Crippen molar-refractivity contribution in [3.63, 3.8) is 0 Å². The molecule has 2 N–H and O–H groups in total. The lowest BCUT2D eigenvalue weighted by atomic mass is 9.97. The van der Waals surface area contributed by atoms with Gasteiger partial charge in [-0.25, -0.2) is 8.78 Å². The predicted octanol–water partition coefficient (Wildman–Crippen LogP) is 2.86. The van der Waals surface area contributed by atoms with E-state index in [4.69, 9.17) is 5.73 Å². The summed E-state index contributed by atoms with van der Waals surface area (Å²) < 4.78 is 27.0. The summed E-state index contributed by atoms with van der Waals surface area (Å²) in [5.74, 6) is -1.29. The van der Waals surface area contributed by atoms with E-state index in [9.17, 15) is 13.6 Å². The Hall–Kier alpha value is -1.49. The minimum Gasteiger partial charge on any atom is -0.338 e. The first-order chi connectivity index (χ1) is 9.29. The van der Waals surface area contributed by atoms with Gasteiger partial charge in [-0.3, -0.25) is 4.79 Å². The van der Waals surface area contributed by atoms with E-state index in [1.54, 1.807) is 14.0 Å². The second kappa shape index (κ2) is 6.79. The molecule has 0 heterocycles. The quantitative estimate of drug-likeness (QED) is 0.903. The summed E-state index contributed by atoms with van der Waals surface area (Å²) in [5.41, 5.74) is 6.05. The molecule has 0 radical (unpaired) electrons. The van der Waals surface area contributed by atoms with Crippen molar-refractivity contribution in [3.8, 4) is 0 Å². The van der Waals surface area contributed by atoms with Gasteiger partial charge in [0.1, 0.15) is 11.6 Å². The Morgan fingerprint density at radius 2 is 1.95 bits per heavy atom. The average Bonchev–Trinajstić information content (AvgIpc) is 2.45. The van der Waals surface area contributed by atoms with Gasteiger partial charge in [-0.2, -0.15) is 0 Å². The molecule has 0 aliphatic heterocycles. The highest BCUT2D eigenvalue weighted by Crippen LogP contribution is 2.24. The van der Waals surface area contributed by atoms with Crippen LogP contribution in [0.1, 0.15) is 38.8 Å². The van der Waals surface area contributed by atoms with E-state index in [0.717, 1.165) is 24.6 Å². The fraction of sp³-hybridized carbons (Fsp3) is 0.533. The largest absolute Gasteiger partial charge is 0.338 e. The zero-order valence-electron chi connectivity index (χ0n) is 12.4. The lowest BCUT2D eigenvalue weighted by molar-refractivity contribution is -0.134. The highest BCUT2D eigenvalue weighted by Gasteiger charge is 2.27. The Labute approximate surface area is 118 Å². The van der Waals surface area contributed by atoms with Crippen LogP contribution in [0.25, 0.3) is 0 Å². The molecular weight excluding hydrogens is 262 g/mol. The molecule has 0 aromatic heterocycles. The van der Waals surface area contributed by atoms with Crippen molar-refractivity contribution in [1.29, 1.82) is 0 Å². The summed E-state index contributed by atoms with van der Waals surface area (Å²) in [4.78, 5) is 13.6. The van der Waals surface area contributed by atoms with Gasteiger partial charge in [0.2, 0.25) is 5.91 Å². The average molecular weight is 284 g/mol. The number of nitrogens with zero attached hydrogens (tertiary/aromatic N) is 1. The van der Waals surface area contributed by atoms with Crippen LogP contribution in [-0.2, 0) is 4.79 Å². The molecule has 5 heteroatoms. The lowest BCUT2D eigenvalue weighted by Gasteiger charge is -2.30. The number of halogens is 2. The number of nitrogens with two attached hydrogens (primary N) is 1. The Morgan fingerprint density at radius 1 is 1.35 bits per heavy atom. The number of rotatable bonds is 5. The Bertz CT molecular complexity index is 479. The van der Waals surface area contributed by atoms with Crippen molar-refractivity contribution in [1.82, 2.24) is 4.90 Å². The van der Waals surface area contributed by atoms with E-state index in [-0.39, 0.29) is 17.4 Å². The number of carbonyl (C=O) groups excluding carboxylic acids is 1. The van der Waals surface area contributed by atoms with Gasteiger partial charge >= 0.3 is 0 Å². The van der Waals surface area contributed by atoms with E-state index in [0.29, 0.717) is 0 Å². The minimum absolute atomic E-state index is 0.0366. The molecule has 0 aliphatic carbocycles. The number of hydrogen-bond donors (Lipinski definition) is 1. The van der Waals surface area contributed by atoms with Crippen molar-refractivity contribution in [2.45, 2.75) is 39.3 Å². The van der Waals surface area contributed by atoms with Crippen molar-refractivity contribution >= 4 is 5.91 Å². The molecule has 0 bridgehead atoms. The fourth-order valence-electron chi connectivity index (χ4n) is 1.97. The Morgan fingerprint density at radius 3 is 2.50 bits per heavy atom. The number of benzene rings is 1. The Balaban J connectivity index is 2.93. The normalized spacial score (nSPS) is 15.6. The summed E-state index contributed by atoms with van der Waals surface area (Å²) in [6.07, 6.45) is 0.781. The lowest BCUT2D eigenvalue weighted by Crippen LogP contribution is -2.46. The van der Waals surface area contributed by atoms with Crippen LogP contribution in [0.15, 0.2) is 18.2 Å². The van der Waals surface area contributed by atoms with Gasteiger partial charge in [-0.05, 0) is 31.0 Å². The van der Waals surface area contributed by atoms with E-state index in [2.05, 4.69) is 0 Å². The molecule has 3 atom stereocenters. The molecular formula is C15H22F2N2O. The van der Waals surface area contributed by atoms with Crippen LogP contribution in [0.5, 0.6) is 0 Å².